The Labute approximate surface area is 97.4 Å². The molecule has 0 aromatic carbocycles. The van der Waals surface area contributed by atoms with Gasteiger partial charge in [-0.05, 0) is 17.3 Å². The summed E-state index contributed by atoms with van der Waals surface area (Å²) in [6.45, 7) is 3.35. The van der Waals surface area contributed by atoms with Gasteiger partial charge in [0.05, 0.1) is 13.2 Å². The van der Waals surface area contributed by atoms with Crippen molar-refractivity contribution in [1.82, 2.24) is 19.8 Å². The molecule has 3 rings (SSSR count). The average Bonchev–Trinajstić information content (AvgIpc) is 3.07. The van der Waals surface area contributed by atoms with Gasteiger partial charge in [-0.1, -0.05) is 9.59 Å². The molecule has 2 aromatic heterocycles. The Balaban J connectivity index is 0.000000162. The van der Waals surface area contributed by atoms with Gasteiger partial charge in [-0.25, -0.2) is 0 Å². The highest BCUT2D eigenvalue weighted by atomic mass is 32.1. The van der Waals surface area contributed by atoms with E-state index in [1.54, 1.807) is 0 Å². The van der Waals surface area contributed by atoms with Crippen LogP contribution in [0.3, 0.4) is 0 Å². The fourth-order valence-corrected chi connectivity index (χ4v) is 1.80. The van der Waals surface area contributed by atoms with E-state index in [-0.39, 0.29) is 0 Å². The van der Waals surface area contributed by atoms with E-state index in [0.717, 1.165) is 31.4 Å². The summed E-state index contributed by atoms with van der Waals surface area (Å²) >= 11 is 1.33. The number of nitrogens with one attached hydrogen (secondary N) is 1. The molecule has 1 aliphatic heterocycles. The zero-order valence-corrected chi connectivity index (χ0v) is 9.56. The number of aromatic nitrogens is 4. The van der Waals surface area contributed by atoms with Crippen molar-refractivity contribution in [2.45, 2.75) is 0 Å². The van der Waals surface area contributed by atoms with E-state index in [1.165, 1.54) is 11.5 Å². The number of hydrogen-bond donors (Lipinski definition) is 1. The Morgan fingerprint density at radius 1 is 1.25 bits per heavy atom. The molecule has 0 spiro atoms. The zero-order valence-electron chi connectivity index (χ0n) is 8.74. The van der Waals surface area contributed by atoms with Crippen LogP contribution in [0.1, 0.15) is 0 Å². The molecule has 0 saturated carbocycles. The highest BCUT2D eigenvalue weighted by molar-refractivity contribution is 7.09. The molecule has 7 heteroatoms. The van der Waals surface area contributed by atoms with Gasteiger partial charge in [0.15, 0.2) is 0 Å². The SMILES string of the molecule is C1CN(c2nnns2)CCO1.c1cc[nH]c1. The van der Waals surface area contributed by atoms with E-state index < -0.39 is 0 Å². The molecule has 0 atom stereocenters. The van der Waals surface area contributed by atoms with Crippen LogP contribution in [0, 0.1) is 0 Å². The predicted molar refractivity (Wildman–Crippen MR) is 61.5 cm³/mol. The third-order valence-corrected chi connectivity index (χ3v) is 2.72. The van der Waals surface area contributed by atoms with Gasteiger partial charge in [-0.2, -0.15) is 0 Å². The van der Waals surface area contributed by atoms with Gasteiger partial charge in [0, 0.05) is 37.0 Å². The molecule has 86 valence electrons. The Morgan fingerprint density at radius 3 is 2.50 bits per heavy atom. The molecule has 1 fully saturated rings. The van der Waals surface area contributed by atoms with Crippen molar-refractivity contribution in [1.29, 1.82) is 0 Å². The molecule has 0 amide bonds. The number of H-pyrrole nitrogens is 1. The van der Waals surface area contributed by atoms with E-state index in [1.807, 2.05) is 24.5 Å². The number of ether oxygens (including phenoxy) is 1. The Hall–Kier alpha value is -1.47. The summed E-state index contributed by atoms with van der Waals surface area (Å²) in [5, 5.41) is 8.30. The zero-order chi connectivity index (χ0) is 11.1. The van der Waals surface area contributed by atoms with Crippen LogP contribution in [-0.4, -0.2) is 46.1 Å². The lowest BCUT2D eigenvalue weighted by atomic mass is 10.5. The number of nitrogens with zero attached hydrogens (tertiary/aromatic N) is 4. The quantitative estimate of drug-likeness (QED) is 0.796. The Kier molecular flexibility index (Phi) is 4.26. The van der Waals surface area contributed by atoms with Crippen molar-refractivity contribution in [3.63, 3.8) is 0 Å². The second-order valence-electron chi connectivity index (χ2n) is 3.13. The first-order chi connectivity index (χ1) is 7.97. The lowest BCUT2D eigenvalue weighted by Gasteiger charge is -2.24. The van der Waals surface area contributed by atoms with Crippen LogP contribution in [0.2, 0.25) is 0 Å². The maximum Gasteiger partial charge on any atom is 0.228 e. The van der Waals surface area contributed by atoms with Crippen molar-refractivity contribution in [3.8, 4) is 0 Å². The minimum Gasteiger partial charge on any atom is -0.378 e. The summed E-state index contributed by atoms with van der Waals surface area (Å²) in [7, 11) is 0. The maximum atomic E-state index is 5.19. The smallest absolute Gasteiger partial charge is 0.228 e. The second kappa shape index (κ2) is 6.19. The first kappa shape index (κ1) is 11.0. The third-order valence-electron chi connectivity index (χ3n) is 2.07. The molecule has 1 aliphatic rings. The fraction of sp³-hybridized carbons (Fsp3) is 0.444. The minimum absolute atomic E-state index is 0.777. The average molecular weight is 239 g/mol. The molecular formula is C9H13N5OS. The third kappa shape index (κ3) is 3.28. The monoisotopic (exact) mass is 239 g/mol. The standard InChI is InChI=1S/C5H8N4OS.C4H5N/c1-3-10-4-2-9(1)5-6-7-8-11-5;1-2-4-5-3-1/h1-4H2;1-5H. The molecule has 16 heavy (non-hydrogen) atoms. The van der Waals surface area contributed by atoms with E-state index >= 15 is 0 Å². The van der Waals surface area contributed by atoms with E-state index in [4.69, 9.17) is 4.74 Å². The summed E-state index contributed by atoms with van der Waals surface area (Å²) in [6.07, 6.45) is 3.75. The summed E-state index contributed by atoms with van der Waals surface area (Å²) in [4.78, 5) is 4.99. The number of rotatable bonds is 1. The molecule has 0 bridgehead atoms. The van der Waals surface area contributed by atoms with Gasteiger partial charge in [-0.3, -0.25) is 0 Å². The summed E-state index contributed by atoms with van der Waals surface area (Å²) in [6, 6.07) is 3.89. The largest absolute Gasteiger partial charge is 0.378 e. The van der Waals surface area contributed by atoms with Gasteiger partial charge in [0.1, 0.15) is 0 Å². The topological polar surface area (TPSA) is 66.9 Å². The summed E-state index contributed by atoms with van der Waals surface area (Å²) in [5.41, 5.74) is 0. The van der Waals surface area contributed by atoms with Crippen LogP contribution in [-0.2, 0) is 4.74 Å². The van der Waals surface area contributed by atoms with Crippen molar-refractivity contribution in [2.24, 2.45) is 0 Å². The van der Waals surface area contributed by atoms with E-state index in [0.29, 0.717) is 0 Å². The molecule has 0 aliphatic carbocycles. The van der Waals surface area contributed by atoms with E-state index in [9.17, 15) is 0 Å². The molecular weight excluding hydrogens is 226 g/mol. The van der Waals surface area contributed by atoms with Gasteiger partial charge in [-0.15, -0.1) is 0 Å². The molecule has 2 aromatic rings. The molecule has 0 unspecified atom stereocenters. The highest BCUT2D eigenvalue weighted by Crippen LogP contribution is 2.13. The first-order valence-corrected chi connectivity index (χ1v) is 5.79. The predicted octanol–water partition coefficient (Wildman–Crippen LogP) is 0.784. The van der Waals surface area contributed by atoms with Crippen LogP contribution < -0.4 is 4.90 Å². The second-order valence-corrected chi connectivity index (χ2v) is 3.84. The lowest BCUT2D eigenvalue weighted by Crippen LogP contribution is -2.36. The molecule has 3 heterocycles. The maximum absolute atomic E-state index is 5.19. The Morgan fingerprint density at radius 2 is 2.00 bits per heavy atom. The number of morpholine rings is 1. The van der Waals surface area contributed by atoms with Crippen LogP contribution in [0.25, 0.3) is 0 Å². The normalized spacial score (nSPS) is 15.4. The van der Waals surface area contributed by atoms with Crippen molar-refractivity contribution in [2.75, 3.05) is 31.2 Å². The van der Waals surface area contributed by atoms with E-state index in [2.05, 4.69) is 24.7 Å². The van der Waals surface area contributed by atoms with Gasteiger partial charge < -0.3 is 14.6 Å². The number of hydrogen-bond acceptors (Lipinski definition) is 6. The summed E-state index contributed by atoms with van der Waals surface area (Å²) in [5.74, 6) is 0. The molecule has 0 radical (unpaired) electrons. The van der Waals surface area contributed by atoms with Crippen molar-refractivity contribution in [3.05, 3.63) is 24.5 Å². The molecule has 1 saturated heterocycles. The van der Waals surface area contributed by atoms with Crippen molar-refractivity contribution < 1.29 is 4.74 Å². The van der Waals surface area contributed by atoms with Crippen LogP contribution in [0.4, 0.5) is 5.13 Å². The van der Waals surface area contributed by atoms with Gasteiger partial charge in [0.2, 0.25) is 5.13 Å². The molecule has 1 N–H and O–H groups in total. The van der Waals surface area contributed by atoms with Gasteiger partial charge in [0.25, 0.3) is 0 Å². The minimum atomic E-state index is 0.777. The van der Waals surface area contributed by atoms with Crippen LogP contribution in [0.5, 0.6) is 0 Å². The summed E-state index contributed by atoms with van der Waals surface area (Å²) < 4.78 is 8.89. The van der Waals surface area contributed by atoms with Crippen molar-refractivity contribution >= 4 is 16.7 Å². The van der Waals surface area contributed by atoms with Crippen LogP contribution in [0.15, 0.2) is 24.5 Å². The highest BCUT2D eigenvalue weighted by Gasteiger charge is 2.13. The number of aromatic amines is 1. The first-order valence-electron chi connectivity index (χ1n) is 5.02. The molecule has 6 nitrogen and oxygen atoms in total. The Bertz CT molecular complexity index is 340. The number of anilines is 1. The van der Waals surface area contributed by atoms with Crippen LogP contribution >= 0.6 is 11.5 Å². The fourth-order valence-electron chi connectivity index (χ4n) is 1.28. The van der Waals surface area contributed by atoms with Gasteiger partial charge >= 0.3 is 0 Å². The lowest BCUT2D eigenvalue weighted by molar-refractivity contribution is 0.122.